The minimum absolute atomic E-state index is 0.110. The van der Waals surface area contributed by atoms with E-state index in [1.54, 1.807) is 7.11 Å². The number of halogens is 1. The van der Waals surface area contributed by atoms with Crippen molar-refractivity contribution in [1.82, 2.24) is 10.2 Å². The summed E-state index contributed by atoms with van der Waals surface area (Å²) in [7, 11) is 3.62. The Morgan fingerprint density at radius 3 is 2.81 bits per heavy atom. The molecule has 1 amide bonds. The van der Waals surface area contributed by atoms with Crippen molar-refractivity contribution in [1.29, 1.82) is 0 Å². The van der Waals surface area contributed by atoms with Gasteiger partial charge in [-0.1, -0.05) is 28.8 Å². The normalized spacial score (nSPS) is 15.4. The van der Waals surface area contributed by atoms with Gasteiger partial charge < -0.3 is 10.1 Å². The Morgan fingerprint density at radius 2 is 2.14 bits per heavy atom. The third-order valence-corrected chi connectivity index (χ3v) is 4.31. The molecule has 0 spiro atoms. The van der Waals surface area contributed by atoms with Crippen LogP contribution in [0, 0.1) is 0 Å². The van der Waals surface area contributed by atoms with Gasteiger partial charge in [-0.15, -0.1) is 0 Å². The molecule has 0 atom stereocenters. The summed E-state index contributed by atoms with van der Waals surface area (Å²) < 4.78 is 6.38. The summed E-state index contributed by atoms with van der Waals surface area (Å²) >= 11 is 3.47. The number of hydrogen-bond donors (Lipinski definition) is 1. The molecular weight excluding hydrogens is 332 g/mol. The Kier molecular flexibility index (Phi) is 6.06. The first-order valence-electron chi connectivity index (χ1n) is 7.39. The topological polar surface area (TPSA) is 41.6 Å². The van der Waals surface area contributed by atoms with Crippen LogP contribution in [0.3, 0.4) is 0 Å². The van der Waals surface area contributed by atoms with E-state index in [0.717, 1.165) is 28.6 Å². The second kappa shape index (κ2) is 7.80. The molecule has 1 aliphatic carbocycles. The van der Waals surface area contributed by atoms with E-state index >= 15 is 0 Å². The number of rotatable bonds is 6. The van der Waals surface area contributed by atoms with E-state index in [9.17, 15) is 4.79 Å². The van der Waals surface area contributed by atoms with Gasteiger partial charge in [0.2, 0.25) is 5.91 Å². The van der Waals surface area contributed by atoms with Crippen LogP contribution in [0.1, 0.15) is 31.2 Å². The summed E-state index contributed by atoms with van der Waals surface area (Å²) in [5.41, 5.74) is 1.07. The lowest BCUT2D eigenvalue weighted by molar-refractivity contribution is -0.122. The first-order chi connectivity index (χ1) is 10.1. The van der Waals surface area contributed by atoms with E-state index in [2.05, 4.69) is 21.2 Å². The number of carbonyl (C=O) groups is 1. The predicted molar refractivity (Wildman–Crippen MR) is 87.4 cm³/mol. The molecule has 4 nitrogen and oxygen atoms in total. The first kappa shape index (κ1) is 16.3. The first-order valence-corrected chi connectivity index (χ1v) is 8.18. The van der Waals surface area contributed by atoms with Gasteiger partial charge in [-0.2, -0.15) is 0 Å². The Bertz CT molecular complexity index is 487. The fourth-order valence-electron chi connectivity index (χ4n) is 2.81. The van der Waals surface area contributed by atoms with E-state index in [4.69, 9.17) is 4.74 Å². The molecule has 2 rings (SSSR count). The second-order valence-electron chi connectivity index (χ2n) is 5.68. The van der Waals surface area contributed by atoms with Gasteiger partial charge in [0, 0.05) is 22.6 Å². The van der Waals surface area contributed by atoms with Crippen molar-refractivity contribution in [3.05, 3.63) is 28.2 Å². The van der Waals surface area contributed by atoms with Crippen LogP contribution in [0.15, 0.2) is 22.7 Å². The zero-order valence-electron chi connectivity index (χ0n) is 12.7. The lowest BCUT2D eigenvalue weighted by Gasteiger charge is -2.20. The van der Waals surface area contributed by atoms with Crippen molar-refractivity contribution in [3.8, 4) is 5.75 Å². The highest BCUT2D eigenvalue weighted by atomic mass is 79.9. The molecule has 116 valence electrons. The molecule has 0 aliphatic heterocycles. The summed E-state index contributed by atoms with van der Waals surface area (Å²) in [5, 5.41) is 3.11. The van der Waals surface area contributed by atoms with Crippen molar-refractivity contribution in [2.24, 2.45) is 0 Å². The van der Waals surface area contributed by atoms with Crippen molar-refractivity contribution in [3.63, 3.8) is 0 Å². The van der Waals surface area contributed by atoms with Gasteiger partial charge in [-0.25, -0.2) is 0 Å². The molecule has 1 aliphatic rings. The standard InChI is InChI=1S/C16H23BrN2O2/c1-19(11-16(20)18-14-5-3-4-6-14)10-12-9-13(17)7-8-15(12)21-2/h7-9,14H,3-6,10-11H2,1-2H3,(H,18,20). The highest BCUT2D eigenvalue weighted by Crippen LogP contribution is 2.24. The van der Waals surface area contributed by atoms with Crippen molar-refractivity contribution in [2.45, 2.75) is 38.3 Å². The number of nitrogens with zero attached hydrogens (tertiary/aromatic N) is 1. The third kappa shape index (κ3) is 5.00. The lowest BCUT2D eigenvalue weighted by Crippen LogP contribution is -2.39. The van der Waals surface area contributed by atoms with Crippen LogP contribution in [-0.4, -0.2) is 37.6 Å². The summed E-state index contributed by atoms with van der Waals surface area (Å²) in [4.78, 5) is 14.0. The van der Waals surface area contributed by atoms with E-state index in [0.29, 0.717) is 19.1 Å². The van der Waals surface area contributed by atoms with Gasteiger partial charge >= 0.3 is 0 Å². The number of nitrogens with one attached hydrogen (secondary N) is 1. The van der Waals surface area contributed by atoms with Gasteiger partial charge in [0.05, 0.1) is 13.7 Å². The van der Waals surface area contributed by atoms with Crippen LogP contribution in [-0.2, 0) is 11.3 Å². The van der Waals surface area contributed by atoms with Crippen molar-refractivity contribution < 1.29 is 9.53 Å². The maximum Gasteiger partial charge on any atom is 0.234 e. The van der Waals surface area contributed by atoms with Gasteiger partial charge in [0.15, 0.2) is 0 Å². The largest absolute Gasteiger partial charge is 0.496 e. The van der Waals surface area contributed by atoms with Crippen LogP contribution in [0.2, 0.25) is 0 Å². The van der Waals surface area contributed by atoms with Crippen LogP contribution in [0.25, 0.3) is 0 Å². The molecule has 0 aromatic heterocycles. The molecule has 0 heterocycles. The van der Waals surface area contributed by atoms with E-state index in [1.165, 1.54) is 12.8 Å². The van der Waals surface area contributed by atoms with E-state index < -0.39 is 0 Å². The van der Waals surface area contributed by atoms with Crippen molar-refractivity contribution in [2.75, 3.05) is 20.7 Å². The highest BCUT2D eigenvalue weighted by Gasteiger charge is 2.18. The van der Waals surface area contributed by atoms with Gasteiger partial charge in [0.25, 0.3) is 0 Å². The summed E-state index contributed by atoms with van der Waals surface area (Å²) in [6.07, 6.45) is 4.70. The molecule has 21 heavy (non-hydrogen) atoms. The van der Waals surface area contributed by atoms with Gasteiger partial charge in [0.1, 0.15) is 5.75 Å². The smallest absolute Gasteiger partial charge is 0.234 e. The van der Waals surface area contributed by atoms with Crippen LogP contribution in [0.4, 0.5) is 0 Å². The van der Waals surface area contributed by atoms with Crippen LogP contribution in [0.5, 0.6) is 5.75 Å². The molecule has 0 saturated heterocycles. The molecular formula is C16H23BrN2O2. The molecule has 5 heteroatoms. The Balaban J connectivity index is 1.87. The molecule has 0 unspecified atom stereocenters. The average molecular weight is 355 g/mol. The number of carbonyl (C=O) groups excluding carboxylic acids is 1. The SMILES string of the molecule is COc1ccc(Br)cc1CN(C)CC(=O)NC1CCCC1. The Labute approximate surface area is 135 Å². The van der Waals surface area contributed by atoms with Gasteiger partial charge in [-0.05, 0) is 38.1 Å². The minimum atomic E-state index is 0.110. The van der Waals surface area contributed by atoms with E-state index in [1.807, 2.05) is 30.1 Å². The molecule has 1 N–H and O–H groups in total. The fraction of sp³-hybridized carbons (Fsp3) is 0.562. The quantitative estimate of drug-likeness (QED) is 0.853. The Hall–Kier alpha value is -1.07. The van der Waals surface area contributed by atoms with E-state index in [-0.39, 0.29) is 5.91 Å². The molecule has 1 aromatic rings. The number of methoxy groups -OCH3 is 1. The second-order valence-corrected chi connectivity index (χ2v) is 6.59. The number of likely N-dealkylation sites (N-methyl/N-ethyl adjacent to an activating group) is 1. The maximum absolute atomic E-state index is 12.0. The zero-order chi connectivity index (χ0) is 15.2. The summed E-state index contributed by atoms with van der Waals surface area (Å²) in [6.45, 7) is 1.09. The molecule has 0 bridgehead atoms. The molecule has 1 saturated carbocycles. The van der Waals surface area contributed by atoms with Crippen LogP contribution < -0.4 is 10.1 Å². The fourth-order valence-corrected chi connectivity index (χ4v) is 3.21. The monoisotopic (exact) mass is 354 g/mol. The number of ether oxygens (including phenoxy) is 1. The highest BCUT2D eigenvalue weighted by molar-refractivity contribution is 9.10. The maximum atomic E-state index is 12.0. The zero-order valence-corrected chi connectivity index (χ0v) is 14.3. The lowest BCUT2D eigenvalue weighted by atomic mass is 10.2. The summed E-state index contributed by atoms with van der Waals surface area (Å²) in [6, 6.07) is 6.30. The molecule has 0 radical (unpaired) electrons. The minimum Gasteiger partial charge on any atom is -0.496 e. The molecule has 1 fully saturated rings. The predicted octanol–water partition coefficient (Wildman–Crippen LogP) is 2.95. The van der Waals surface area contributed by atoms with Crippen molar-refractivity contribution >= 4 is 21.8 Å². The van der Waals surface area contributed by atoms with Crippen LogP contribution >= 0.6 is 15.9 Å². The number of benzene rings is 1. The third-order valence-electron chi connectivity index (χ3n) is 3.82. The Morgan fingerprint density at radius 1 is 1.43 bits per heavy atom. The number of hydrogen-bond acceptors (Lipinski definition) is 3. The number of amides is 1. The van der Waals surface area contributed by atoms with Gasteiger partial charge in [-0.3, -0.25) is 9.69 Å². The molecule has 1 aromatic carbocycles. The summed E-state index contributed by atoms with van der Waals surface area (Å²) in [5.74, 6) is 0.958. The average Bonchev–Trinajstić information content (AvgIpc) is 2.91.